The van der Waals surface area contributed by atoms with E-state index in [0.29, 0.717) is 18.5 Å². The average molecular weight is 434 g/mol. The number of amides is 1. The molecule has 9 heteroatoms. The lowest BCUT2D eigenvalue weighted by Crippen LogP contribution is -2.40. The minimum Gasteiger partial charge on any atom is -0.352 e. The average Bonchev–Trinajstić information content (AvgIpc) is 2.86. The molecule has 8 nitrogen and oxygen atoms in total. The molecule has 2 aromatic rings. The van der Waals surface area contributed by atoms with E-state index in [1.807, 2.05) is 0 Å². The molecule has 1 aliphatic rings. The van der Waals surface area contributed by atoms with E-state index in [4.69, 9.17) is 0 Å². The van der Waals surface area contributed by atoms with Gasteiger partial charge < -0.3 is 9.88 Å². The summed E-state index contributed by atoms with van der Waals surface area (Å²) in [5.41, 5.74) is 0.466. The quantitative estimate of drug-likeness (QED) is 0.727. The van der Waals surface area contributed by atoms with Crippen LogP contribution in [-0.4, -0.2) is 41.2 Å². The lowest BCUT2D eigenvalue weighted by atomic mass is 10.1. The van der Waals surface area contributed by atoms with Crippen molar-refractivity contribution in [3.05, 3.63) is 41.0 Å². The van der Waals surface area contributed by atoms with Gasteiger partial charge in [-0.2, -0.15) is 0 Å². The summed E-state index contributed by atoms with van der Waals surface area (Å²) < 4.78 is 30.0. The van der Waals surface area contributed by atoms with Gasteiger partial charge in [0.1, 0.15) is 11.6 Å². The molecule has 2 N–H and O–H groups in total. The van der Waals surface area contributed by atoms with Crippen molar-refractivity contribution >= 4 is 15.9 Å². The number of hydrogen-bond donors (Lipinski definition) is 2. The summed E-state index contributed by atoms with van der Waals surface area (Å²) in [5.74, 6) is 1.61. The number of carbonyl (C=O) groups excluding carboxylic acids is 1. The number of aryl methyl sites for hydroxylation is 2. The van der Waals surface area contributed by atoms with Gasteiger partial charge in [0, 0.05) is 37.0 Å². The predicted molar refractivity (Wildman–Crippen MR) is 115 cm³/mol. The number of fused-ring (bicyclic) bond motifs is 1. The molecule has 0 radical (unpaired) electrons. The van der Waals surface area contributed by atoms with Gasteiger partial charge in [-0.25, -0.2) is 13.1 Å². The van der Waals surface area contributed by atoms with E-state index in [-0.39, 0.29) is 10.8 Å². The van der Waals surface area contributed by atoms with Crippen molar-refractivity contribution in [2.75, 3.05) is 6.54 Å². The zero-order chi connectivity index (χ0) is 21.9. The van der Waals surface area contributed by atoms with Crippen molar-refractivity contribution in [2.24, 2.45) is 0 Å². The number of nitrogens with one attached hydrogen (secondary N) is 2. The Hall–Kier alpha value is -2.26. The van der Waals surface area contributed by atoms with Crippen LogP contribution in [-0.2, 0) is 29.4 Å². The van der Waals surface area contributed by atoms with Crippen LogP contribution in [0.15, 0.2) is 23.1 Å². The van der Waals surface area contributed by atoms with Gasteiger partial charge in [-0.05, 0) is 58.2 Å². The number of rotatable bonds is 6. The fourth-order valence-corrected chi connectivity index (χ4v) is 5.03. The molecule has 0 bridgehead atoms. The Morgan fingerprint density at radius 2 is 1.93 bits per heavy atom. The molecule has 0 aliphatic carbocycles. The van der Waals surface area contributed by atoms with Crippen molar-refractivity contribution < 1.29 is 13.2 Å². The number of benzene rings is 1. The third kappa shape index (κ3) is 5.46. The SMILES string of the molecule is Cc1ccc(S(=O)(=O)NC(C)(C)C)cc1C(=O)NCCc1nnc2n1CCCCC2. The summed E-state index contributed by atoms with van der Waals surface area (Å²) >= 11 is 0. The molecule has 0 spiro atoms. The van der Waals surface area contributed by atoms with Crippen molar-refractivity contribution in [2.45, 2.75) is 76.8 Å². The highest BCUT2D eigenvalue weighted by Crippen LogP contribution is 2.18. The summed E-state index contributed by atoms with van der Waals surface area (Å²) in [6.45, 7) is 8.45. The summed E-state index contributed by atoms with van der Waals surface area (Å²) in [5, 5.41) is 11.5. The molecule has 1 aliphatic heterocycles. The predicted octanol–water partition coefficient (Wildman–Crippen LogP) is 2.36. The maximum Gasteiger partial charge on any atom is 0.251 e. The smallest absolute Gasteiger partial charge is 0.251 e. The fraction of sp³-hybridized carbons (Fsp3) is 0.571. The van der Waals surface area contributed by atoms with Crippen LogP contribution < -0.4 is 10.0 Å². The molecule has 1 aromatic carbocycles. The second-order valence-corrected chi connectivity index (χ2v) is 10.5. The lowest BCUT2D eigenvalue weighted by Gasteiger charge is -2.20. The minimum atomic E-state index is -3.71. The summed E-state index contributed by atoms with van der Waals surface area (Å²) in [6.07, 6.45) is 4.98. The number of nitrogens with zero attached hydrogens (tertiary/aromatic N) is 3. The van der Waals surface area contributed by atoms with Crippen LogP contribution in [0.2, 0.25) is 0 Å². The van der Waals surface area contributed by atoms with E-state index >= 15 is 0 Å². The van der Waals surface area contributed by atoms with Gasteiger partial charge >= 0.3 is 0 Å². The molecule has 0 saturated heterocycles. The molecule has 0 atom stereocenters. The van der Waals surface area contributed by atoms with Crippen molar-refractivity contribution in [1.82, 2.24) is 24.8 Å². The molecule has 3 rings (SSSR count). The second kappa shape index (κ2) is 8.85. The largest absolute Gasteiger partial charge is 0.352 e. The van der Waals surface area contributed by atoms with Gasteiger partial charge in [0.05, 0.1) is 4.90 Å². The summed E-state index contributed by atoms with van der Waals surface area (Å²) in [6, 6.07) is 4.61. The number of sulfonamides is 1. The van der Waals surface area contributed by atoms with E-state index in [2.05, 4.69) is 24.8 Å². The molecule has 0 fully saturated rings. The van der Waals surface area contributed by atoms with E-state index < -0.39 is 15.6 Å². The van der Waals surface area contributed by atoms with Crippen LogP contribution >= 0.6 is 0 Å². The molecule has 0 saturated carbocycles. The molecule has 1 amide bonds. The highest BCUT2D eigenvalue weighted by molar-refractivity contribution is 7.89. The molecule has 2 heterocycles. The highest BCUT2D eigenvalue weighted by Gasteiger charge is 2.23. The fourth-order valence-electron chi connectivity index (χ4n) is 3.59. The van der Waals surface area contributed by atoms with Crippen LogP contribution in [0.3, 0.4) is 0 Å². The number of hydrogen-bond acceptors (Lipinski definition) is 5. The Kier molecular flexibility index (Phi) is 6.62. The van der Waals surface area contributed by atoms with Gasteiger partial charge in [-0.3, -0.25) is 4.79 Å². The van der Waals surface area contributed by atoms with E-state index in [1.54, 1.807) is 33.8 Å². The first-order chi connectivity index (χ1) is 14.1. The van der Waals surface area contributed by atoms with Gasteiger partial charge in [0.2, 0.25) is 10.0 Å². The van der Waals surface area contributed by atoms with Crippen molar-refractivity contribution in [3.63, 3.8) is 0 Å². The maximum absolute atomic E-state index is 12.7. The zero-order valence-electron chi connectivity index (χ0n) is 18.2. The van der Waals surface area contributed by atoms with E-state index in [0.717, 1.165) is 43.0 Å². The molecular formula is C21H31N5O3S. The number of carbonyl (C=O) groups is 1. The van der Waals surface area contributed by atoms with Crippen molar-refractivity contribution in [1.29, 1.82) is 0 Å². The number of aromatic nitrogens is 3. The monoisotopic (exact) mass is 433 g/mol. The van der Waals surface area contributed by atoms with Gasteiger partial charge in [0.25, 0.3) is 5.91 Å². The molecule has 30 heavy (non-hydrogen) atoms. The molecule has 164 valence electrons. The van der Waals surface area contributed by atoms with Gasteiger partial charge in [-0.15, -0.1) is 10.2 Å². The third-order valence-corrected chi connectivity index (χ3v) is 6.78. The first kappa shape index (κ1) is 22.4. The maximum atomic E-state index is 12.7. The Bertz CT molecular complexity index is 1020. The van der Waals surface area contributed by atoms with Crippen LogP contribution in [0, 0.1) is 6.92 Å². The first-order valence-corrected chi connectivity index (χ1v) is 11.9. The van der Waals surface area contributed by atoms with Gasteiger partial charge in [-0.1, -0.05) is 12.5 Å². The van der Waals surface area contributed by atoms with Crippen LogP contribution in [0.25, 0.3) is 0 Å². The van der Waals surface area contributed by atoms with Crippen LogP contribution in [0.4, 0.5) is 0 Å². The van der Waals surface area contributed by atoms with Crippen molar-refractivity contribution in [3.8, 4) is 0 Å². The Morgan fingerprint density at radius 3 is 2.67 bits per heavy atom. The first-order valence-electron chi connectivity index (χ1n) is 10.4. The third-order valence-electron chi connectivity index (χ3n) is 5.02. The minimum absolute atomic E-state index is 0.0796. The highest BCUT2D eigenvalue weighted by atomic mass is 32.2. The Balaban J connectivity index is 1.68. The Morgan fingerprint density at radius 1 is 1.17 bits per heavy atom. The molecular weight excluding hydrogens is 402 g/mol. The van der Waals surface area contributed by atoms with Gasteiger partial charge in [0.15, 0.2) is 0 Å². The normalized spacial score (nSPS) is 14.8. The zero-order valence-corrected chi connectivity index (χ0v) is 19.0. The van der Waals surface area contributed by atoms with E-state index in [9.17, 15) is 13.2 Å². The molecule has 0 unspecified atom stereocenters. The molecule has 1 aromatic heterocycles. The lowest BCUT2D eigenvalue weighted by molar-refractivity contribution is 0.0953. The summed E-state index contributed by atoms with van der Waals surface area (Å²) in [7, 11) is -3.71. The topological polar surface area (TPSA) is 106 Å². The van der Waals surface area contributed by atoms with Crippen LogP contribution in [0.5, 0.6) is 0 Å². The van der Waals surface area contributed by atoms with Crippen LogP contribution in [0.1, 0.15) is 67.6 Å². The second-order valence-electron chi connectivity index (χ2n) is 8.83. The Labute approximate surface area is 178 Å². The standard InChI is InChI=1S/C21H31N5O3S/c1-15-9-10-16(30(28,29)25-21(2,3)4)14-17(15)20(27)22-12-11-19-24-23-18-8-6-5-7-13-26(18)19/h9-10,14,25H,5-8,11-13H2,1-4H3,(H,22,27). The summed E-state index contributed by atoms with van der Waals surface area (Å²) in [4.78, 5) is 12.8. The van der Waals surface area contributed by atoms with E-state index in [1.165, 1.54) is 18.6 Å².